The fourth-order valence-corrected chi connectivity index (χ4v) is 2.52. The number of hydrogen-bond donors (Lipinski definition) is 1. The third-order valence-corrected chi connectivity index (χ3v) is 3.77. The van der Waals surface area contributed by atoms with Crippen LogP contribution in [0, 0.1) is 6.92 Å². The highest BCUT2D eigenvalue weighted by Crippen LogP contribution is 2.22. The molecular weight excluding hydrogens is 246 g/mol. The maximum Gasteiger partial charge on any atom is 0.0489 e. The highest BCUT2D eigenvalue weighted by Gasteiger charge is 2.18. The lowest BCUT2D eigenvalue weighted by Gasteiger charge is -2.30. The molecule has 1 aromatic heterocycles. The lowest BCUT2D eigenvalue weighted by atomic mass is 10.0. The van der Waals surface area contributed by atoms with Gasteiger partial charge in [-0.25, -0.2) is 0 Å². The van der Waals surface area contributed by atoms with Gasteiger partial charge >= 0.3 is 0 Å². The number of hydrogen-bond acceptors (Lipinski definition) is 3. The van der Waals surface area contributed by atoms with E-state index in [9.17, 15) is 0 Å². The highest BCUT2D eigenvalue weighted by atomic mass is 15.2. The maximum absolute atomic E-state index is 6.00. The minimum Gasteiger partial charge on any atom is -0.329 e. The Morgan fingerprint density at radius 2 is 2.00 bits per heavy atom. The molecule has 2 N–H and O–H groups in total. The molecule has 0 radical (unpaired) electrons. The molecule has 3 heteroatoms. The Hall–Kier alpha value is -1.71. The van der Waals surface area contributed by atoms with E-state index in [4.69, 9.17) is 5.73 Å². The van der Waals surface area contributed by atoms with Gasteiger partial charge in [0.05, 0.1) is 0 Å². The molecule has 2 aromatic rings. The van der Waals surface area contributed by atoms with Gasteiger partial charge in [-0.1, -0.05) is 37.3 Å². The third-order valence-electron chi connectivity index (χ3n) is 3.77. The van der Waals surface area contributed by atoms with E-state index in [0.717, 1.165) is 13.1 Å². The van der Waals surface area contributed by atoms with Gasteiger partial charge in [0.25, 0.3) is 0 Å². The van der Waals surface area contributed by atoms with Gasteiger partial charge in [0.1, 0.15) is 0 Å². The van der Waals surface area contributed by atoms with Crippen LogP contribution in [0.3, 0.4) is 0 Å². The van der Waals surface area contributed by atoms with Crippen molar-refractivity contribution in [1.82, 2.24) is 9.88 Å². The van der Waals surface area contributed by atoms with E-state index in [-0.39, 0.29) is 6.04 Å². The standard InChI is InChI=1S/C17H23N3/c1-3-20(13-16-8-5-4-7-14(16)2)17(11-18)15-9-6-10-19-12-15/h4-10,12,17H,3,11,13,18H2,1-2H3. The molecule has 20 heavy (non-hydrogen) atoms. The van der Waals surface area contributed by atoms with Crippen LogP contribution in [-0.2, 0) is 6.54 Å². The lowest BCUT2D eigenvalue weighted by Crippen LogP contribution is -2.33. The van der Waals surface area contributed by atoms with Crippen LogP contribution in [0.2, 0.25) is 0 Å². The van der Waals surface area contributed by atoms with Crippen molar-refractivity contribution in [1.29, 1.82) is 0 Å². The summed E-state index contributed by atoms with van der Waals surface area (Å²) < 4.78 is 0. The van der Waals surface area contributed by atoms with E-state index >= 15 is 0 Å². The van der Waals surface area contributed by atoms with Gasteiger partial charge in [0, 0.05) is 31.5 Å². The smallest absolute Gasteiger partial charge is 0.0489 e. The van der Waals surface area contributed by atoms with Crippen LogP contribution in [0.5, 0.6) is 0 Å². The summed E-state index contributed by atoms with van der Waals surface area (Å²) in [5.74, 6) is 0. The summed E-state index contributed by atoms with van der Waals surface area (Å²) in [6.45, 7) is 6.82. The minimum atomic E-state index is 0.216. The number of aryl methyl sites for hydroxylation is 1. The first-order valence-corrected chi connectivity index (χ1v) is 7.14. The van der Waals surface area contributed by atoms with Gasteiger partial charge in [-0.05, 0) is 36.2 Å². The summed E-state index contributed by atoms with van der Waals surface area (Å²) in [5, 5.41) is 0. The van der Waals surface area contributed by atoms with Crippen LogP contribution in [-0.4, -0.2) is 23.0 Å². The summed E-state index contributed by atoms with van der Waals surface area (Å²) in [6.07, 6.45) is 3.72. The van der Waals surface area contributed by atoms with Gasteiger partial charge in [-0.15, -0.1) is 0 Å². The number of aromatic nitrogens is 1. The second-order valence-electron chi connectivity index (χ2n) is 5.03. The van der Waals surface area contributed by atoms with Crippen molar-refractivity contribution in [2.75, 3.05) is 13.1 Å². The molecule has 3 nitrogen and oxygen atoms in total. The largest absolute Gasteiger partial charge is 0.329 e. The van der Waals surface area contributed by atoms with E-state index in [1.165, 1.54) is 16.7 Å². The molecule has 1 atom stereocenters. The molecule has 0 bridgehead atoms. The Kier molecular flexibility index (Phi) is 5.27. The van der Waals surface area contributed by atoms with Crippen LogP contribution in [0.25, 0.3) is 0 Å². The molecule has 106 valence electrons. The number of likely N-dealkylation sites (N-methyl/N-ethyl adjacent to an activating group) is 1. The van der Waals surface area contributed by atoms with Crippen molar-refractivity contribution in [3.8, 4) is 0 Å². The SMILES string of the molecule is CCN(Cc1ccccc1C)C(CN)c1cccnc1. The summed E-state index contributed by atoms with van der Waals surface area (Å²) in [5.41, 5.74) is 9.87. The van der Waals surface area contributed by atoms with Crippen LogP contribution in [0.15, 0.2) is 48.8 Å². The van der Waals surface area contributed by atoms with Crippen molar-refractivity contribution >= 4 is 0 Å². The van der Waals surface area contributed by atoms with Gasteiger partial charge in [-0.2, -0.15) is 0 Å². The number of nitrogens with zero attached hydrogens (tertiary/aromatic N) is 2. The molecule has 0 aliphatic rings. The van der Waals surface area contributed by atoms with E-state index < -0.39 is 0 Å². The Morgan fingerprint density at radius 1 is 1.20 bits per heavy atom. The Bertz CT molecular complexity index is 525. The molecule has 1 aromatic carbocycles. The van der Waals surface area contributed by atoms with Crippen LogP contribution < -0.4 is 5.73 Å². The zero-order chi connectivity index (χ0) is 14.4. The number of rotatable bonds is 6. The fraction of sp³-hybridized carbons (Fsp3) is 0.353. The monoisotopic (exact) mass is 269 g/mol. The normalized spacial score (nSPS) is 12.6. The Labute approximate surface area is 121 Å². The highest BCUT2D eigenvalue weighted by molar-refractivity contribution is 5.26. The van der Waals surface area contributed by atoms with Crippen molar-refractivity contribution in [2.24, 2.45) is 5.73 Å². The first-order valence-electron chi connectivity index (χ1n) is 7.14. The van der Waals surface area contributed by atoms with Gasteiger partial charge < -0.3 is 5.73 Å². The molecule has 0 aliphatic heterocycles. The quantitative estimate of drug-likeness (QED) is 0.876. The zero-order valence-electron chi connectivity index (χ0n) is 12.3. The second-order valence-corrected chi connectivity index (χ2v) is 5.03. The predicted octanol–water partition coefficient (Wildman–Crippen LogP) is 2.91. The van der Waals surface area contributed by atoms with Gasteiger partial charge in [0.2, 0.25) is 0 Å². The number of benzene rings is 1. The summed E-state index contributed by atoms with van der Waals surface area (Å²) >= 11 is 0. The van der Waals surface area contributed by atoms with Crippen LogP contribution in [0.1, 0.15) is 29.7 Å². The third kappa shape index (κ3) is 3.44. The second kappa shape index (κ2) is 7.17. The number of nitrogens with two attached hydrogens (primary N) is 1. The molecule has 2 rings (SSSR count). The Balaban J connectivity index is 2.20. The molecule has 1 unspecified atom stereocenters. The number of pyridine rings is 1. The van der Waals surface area contributed by atoms with E-state index in [1.54, 1.807) is 6.20 Å². The van der Waals surface area contributed by atoms with E-state index in [2.05, 4.69) is 54.1 Å². The molecule has 0 saturated heterocycles. The fourth-order valence-electron chi connectivity index (χ4n) is 2.52. The van der Waals surface area contributed by atoms with Crippen LogP contribution >= 0.6 is 0 Å². The minimum absolute atomic E-state index is 0.216. The summed E-state index contributed by atoms with van der Waals surface area (Å²) in [4.78, 5) is 6.61. The van der Waals surface area contributed by atoms with Crippen molar-refractivity contribution < 1.29 is 0 Å². The molecule has 0 spiro atoms. The molecule has 0 saturated carbocycles. The van der Waals surface area contributed by atoms with E-state index in [0.29, 0.717) is 6.54 Å². The zero-order valence-corrected chi connectivity index (χ0v) is 12.3. The van der Waals surface area contributed by atoms with Crippen molar-refractivity contribution in [3.63, 3.8) is 0 Å². The van der Waals surface area contributed by atoms with Gasteiger partial charge in [-0.3, -0.25) is 9.88 Å². The van der Waals surface area contributed by atoms with Crippen molar-refractivity contribution in [2.45, 2.75) is 26.4 Å². The van der Waals surface area contributed by atoms with E-state index in [1.807, 2.05) is 12.3 Å². The predicted molar refractivity (Wildman–Crippen MR) is 83.3 cm³/mol. The topological polar surface area (TPSA) is 42.1 Å². The molecule has 0 aliphatic carbocycles. The molecule has 0 fully saturated rings. The molecular formula is C17H23N3. The summed E-state index contributed by atoms with van der Waals surface area (Å²) in [6, 6.07) is 12.8. The molecule has 0 amide bonds. The lowest BCUT2D eigenvalue weighted by molar-refractivity contribution is 0.203. The average molecular weight is 269 g/mol. The van der Waals surface area contributed by atoms with Crippen LogP contribution in [0.4, 0.5) is 0 Å². The summed E-state index contributed by atoms with van der Waals surface area (Å²) in [7, 11) is 0. The van der Waals surface area contributed by atoms with Crippen molar-refractivity contribution in [3.05, 3.63) is 65.5 Å². The first kappa shape index (κ1) is 14.7. The van der Waals surface area contributed by atoms with Gasteiger partial charge in [0.15, 0.2) is 0 Å². The maximum atomic E-state index is 6.00. The molecule has 1 heterocycles. The average Bonchev–Trinajstić information content (AvgIpc) is 2.50. The first-order chi connectivity index (χ1) is 9.76. The Morgan fingerprint density at radius 3 is 2.60 bits per heavy atom.